The van der Waals surface area contributed by atoms with E-state index >= 15 is 0 Å². The number of cyclic esters (lactones) is 1. The number of hydrogen-bond donors (Lipinski definition) is 1. The second-order valence-corrected chi connectivity index (χ2v) is 4.90. The van der Waals surface area contributed by atoms with Crippen LogP contribution in [0.2, 0.25) is 0 Å². The van der Waals surface area contributed by atoms with Gasteiger partial charge in [0.1, 0.15) is 12.4 Å². The van der Waals surface area contributed by atoms with Crippen LogP contribution in [-0.2, 0) is 4.74 Å². The van der Waals surface area contributed by atoms with E-state index in [1.807, 2.05) is 0 Å². The Morgan fingerprint density at radius 3 is 2.47 bits per heavy atom. The van der Waals surface area contributed by atoms with Crippen LogP contribution in [0.4, 0.5) is 18.0 Å². The van der Waals surface area contributed by atoms with Crippen LogP contribution in [0.5, 0.6) is 0 Å². The molecule has 3 nitrogen and oxygen atoms in total. The molecule has 0 radical (unpaired) electrons. The lowest BCUT2D eigenvalue weighted by atomic mass is 9.80. The molecule has 1 aromatic carbocycles. The van der Waals surface area contributed by atoms with Gasteiger partial charge in [-0.3, -0.25) is 0 Å². The number of benzene rings is 1. The van der Waals surface area contributed by atoms with E-state index in [9.17, 15) is 18.0 Å². The Hall–Kier alpha value is -1.43. The highest BCUT2D eigenvalue weighted by Crippen LogP contribution is 2.38. The molecule has 2 rings (SSSR count). The van der Waals surface area contributed by atoms with Crippen LogP contribution in [0, 0.1) is 22.9 Å². The van der Waals surface area contributed by atoms with Crippen molar-refractivity contribution < 1.29 is 22.7 Å². The molecule has 0 saturated carbocycles. The number of halogens is 4. The quantitative estimate of drug-likeness (QED) is 0.807. The number of nitrogens with one attached hydrogen (secondary N) is 1. The molecule has 1 aromatic rings. The third-order valence-corrected chi connectivity index (χ3v) is 2.99. The molecule has 1 heterocycles. The Kier molecular flexibility index (Phi) is 4.35. The van der Waals surface area contributed by atoms with Gasteiger partial charge in [0.2, 0.25) is 0 Å². The fourth-order valence-corrected chi connectivity index (χ4v) is 1.96. The molecule has 1 aliphatic heterocycles. The van der Waals surface area contributed by atoms with Crippen LogP contribution < -0.4 is 5.32 Å². The summed E-state index contributed by atoms with van der Waals surface area (Å²) in [6, 6.07) is 0.572. The van der Waals surface area contributed by atoms with Crippen molar-refractivity contribution in [3.8, 4) is 0 Å². The lowest BCUT2D eigenvalue weighted by Gasteiger charge is -2.38. The fraction of sp³-hybridized carbons (Fsp3) is 0.417. The largest absolute Gasteiger partial charge is 0.449 e. The summed E-state index contributed by atoms with van der Waals surface area (Å²) in [6.07, 6.45) is -0.776. The summed E-state index contributed by atoms with van der Waals surface area (Å²) in [5.41, 5.74) is -1.22. The zero-order valence-electron chi connectivity index (χ0n) is 10.3. The number of carbonyl (C=O) groups is 1. The Labute approximate surface area is 114 Å². The molecule has 19 heavy (non-hydrogen) atoms. The molecule has 7 heteroatoms. The van der Waals surface area contributed by atoms with Crippen LogP contribution in [-0.4, -0.2) is 12.7 Å². The van der Waals surface area contributed by atoms with E-state index in [0.29, 0.717) is 6.07 Å². The van der Waals surface area contributed by atoms with E-state index < -0.39 is 40.6 Å². The highest BCUT2D eigenvalue weighted by Gasteiger charge is 2.41. The number of alkyl carbamates (subject to hydrolysis) is 1. The molecule has 1 N–H and O–H groups in total. The van der Waals surface area contributed by atoms with Crippen LogP contribution in [0.3, 0.4) is 0 Å². The predicted octanol–water partition coefficient (Wildman–Crippen LogP) is 3.33. The van der Waals surface area contributed by atoms with E-state index in [1.165, 1.54) is 0 Å². The first-order valence-electron chi connectivity index (χ1n) is 5.39. The van der Waals surface area contributed by atoms with Crippen LogP contribution >= 0.6 is 12.4 Å². The summed E-state index contributed by atoms with van der Waals surface area (Å²) in [6.45, 7) is 3.33. The van der Waals surface area contributed by atoms with E-state index in [4.69, 9.17) is 4.74 Å². The molecule has 1 amide bonds. The minimum Gasteiger partial charge on any atom is -0.449 e. The molecular weight excluding hydrogens is 283 g/mol. The summed E-state index contributed by atoms with van der Waals surface area (Å²) < 4.78 is 45.3. The Bertz CT molecular complexity index is 508. The van der Waals surface area contributed by atoms with Crippen molar-refractivity contribution in [2.75, 3.05) is 6.61 Å². The van der Waals surface area contributed by atoms with Gasteiger partial charge in [0.15, 0.2) is 11.6 Å². The fourth-order valence-electron chi connectivity index (χ4n) is 1.96. The van der Waals surface area contributed by atoms with Gasteiger partial charge in [-0.15, -0.1) is 12.4 Å². The highest BCUT2D eigenvalue weighted by atomic mass is 35.5. The van der Waals surface area contributed by atoms with Crippen LogP contribution in [0.1, 0.15) is 25.5 Å². The molecule has 0 aromatic heterocycles. The molecule has 0 spiro atoms. The summed E-state index contributed by atoms with van der Waals surface area (Å²) >= 11 is 0. The van der Waals surface area contributed by atoms with Crippen molar-refractivity contribution in [1.82, 2.24) is 5.32 Å². The monoisotopic (exact) mass is 295 g/mol. The number of hydrogen-bond acceptors (Lipinski definition) is 2. The van der Waals surface area contributed by atoms with E-state index in [2.05, 4.69) is 5.32 Å². The van der Waals surface area contributed by atoms with E-state index in [1.54, 1.807) is 13.8 Å². The van der Waals surface area contributed by atoms with Crippen molar-refractivity contribution >= 4 is 18.5 Å². The minimum atomic E-state index is -1.28. The van der Waals surface area contributed by atoms with Gasteiger partial charge in [0.05, 0.1) is 6.04 Å². The molecule has 0 aliphatic carbocycles. The van der Waals surface area contributed by atoms with Crippen molar-refractivity contribution in [3.63, 3.8) is 0 Å². The van der Waals surface area contributed by atoms with Gasteiger partial charge in [-0.05, 0) is 12.1 Å². The average molecular weight is 296 g/mol. The van der Waals surface area contributed by atoms with Crippen molar-refractivity contribution in [2.24, 2.45) is 5.41 Å². The normalized spacial score (nSPS) is 21.1. The summed E-state index contributed by atoms with van der Waals surface area (Å²) in [5.74, 6) is -3.33. The van der Waals surface area contributed by atoms with Gasteiger partial charge in [0, 0.05) is 11.0 Å². The average Bonchev–Trinajstić information content (AvgIpc) is 2.29. The smallest absolute Gasteiger partial charge is 0.407 e. The summed E-state index contributed by atoms with van der Waals surface area (Å²) in [7, 11) is 0. The number of amides is 1. The van der Waals surface area contributed by atoms with Gasteiger partial charge in [-0.2, -0.15) is 0 Å². The minimum absolute atomic E-state index is 0. The van der Waals surface area contributed by atoms with E-state index in [-0.39, 0.29) is 19.0 Å². The third kappa shape index (κ3) is 2.78. The number of ether oxygens (including phenoxy) is 1. The topological polar surface area (TPSA) is 38.3 Å². The molecule has 0 bridgehead atoms. The second-order valence-electron chi connectivity index (χ2n) is 4.90. The third-order valence-electron chi connectivity index (χ3n) is 2.99. The number of rotatable bonds is 1. The Morgan fingerprint density at radius 2 is 1.84 bits per heavy atom. The maximum Gasteiger partial charge on any atom is 0.407 e. The zero-order valence-corrected chi connectivity index (χ0v) is 11.1. The zero-order chi connectivity index (χ0) is 13.5. The molecule has 1 fully saturated rings. The van der Waals surface area contributed by atoms with Gasteiger partial charge in [-0.25, -0.2) is 18.0 Å². The van der Waals surface area contributed by atoms with E-state index in [0.717, 1.165) is 6.07 Å². The van der Waals surface area contributed by atoms with Gasteiger partial charge >= 0.3 is 6.09 Å². The van der Waals surface area contributed by atoms with Crippen molar-refractivity contribution in [2.45, 2.75) is 19.9 Å². The molecule has 1 aliphatic rings. The SMILES string of the molecule is CC1(C)COC(=O)N[C@H]1c1c(F)ccc(F)c1F.Cl. The molecule has 1 atom stereocenters. The lowest BCUT2D eigenvalue weighted by molar-refractivity contribution is 0.0365. The summed E-state index contributed by atoms with van der Waals surface area (Å²) in [5, 5.41) is 2.32. The Balaban J connectivity index is 0.00000180. The first-order valence-corrected chi connectivity index (χ1v) is 5.39. The van der Waals surface area contributed by atoms with Gasteiger partial charge < -0.3 is 10.1 Å². The first kappa shape index (κ1) is 15.6. The standard InChI is InChI=1S/C12H12F3NO2.ClH/c1-12(2)5-18-11(17)16-10(12)8-6(13)3-4-7(14)9(8)15;/h3-4,10H,5H2,1-2H3,(H,16,17);1H/t10-;/m0./s1. The molecule has 106 valence electrons. The molecular formula is C12H13ClF3NO2. The van der Waals surface area contributed by atoms with Crippen LogP contribution in [0.25, 0.3) is 0 Å². The second kappa shape index (κ2) is 5.28. The van der Waals surface area contributed by atoms with Crippen molar-refractivity contribution in [1.29, 1.82) is 0 Å². The van der Waals surface area contributed by atoms with Gasteiger partial charge in [-0.1, -0.05) is 13.8 Å². The predicted molar refractivity (Wildman–Crippen MR) is 64.6 cm³/mol. The van der Waals surface area contributed by atoms with Gasteiger partial charge in [0.25, 0.3) is 0 Å². The first-order chi connectivity index (χ1) is 8.33. The molecule has 1 saturated heterocycles. The van der Waals surface area contributed by atoms with Crippen LogP contribution in [0.15, 0.2) is 12.1 Å². The molecule has 0 unspecified atom stereocenters. The maximum atomic E-state index is 13.7. The lowest BCUT2D eigenvalue weighted by Crippen LogP contribution is -2.47. The highest BCUT2D eigenvalue weighted by molar-refractivity contribution is 5.85. The summed E-state index contributed by atoms with van der Waals surface area (Å²) in [4.78, 5) is 11.2. The van der Waals surface area contributed by atoms with Crippen molar-refractivity contribution in [3.05, 3.63) is 35.1 Å². The Morgan fingerprint density at radius 1 is 1.26 bits per heavy atom. The maximum absolute atomic E-state index is 13.7. The number of carbonyl (C=O) groups excluding carboxylic acids is 1.